The van der Waals surface area contributed by atoms with Crippen molar-refractivity contribution in [1.82, 2.24) is 0 Å². The van der Waals surface area contributed by atoms with Crippen molar-refractivity contribution >= 4 is 0 Å². The Morgan fingerprint density at radius 1 is 1.40 bits per heavy atom. The van der Waals surface area contributed by atoms with Gasteiger partial charge in [-0.05, 0) is 6.67 Å². The first-order valence-electron chi connectivity index (χ1n) is 0.767. The Kier molecular flexibility index (Phi) is 51.7. The zero-order valence-electron chi connectivity index (χ0n) is 2.95. The van der Waals surface area contributed by atoms with Crippen LogP contribution in [0.4, 0.5) is 4.39 Å². The van der Waals surface area contributed by atoms with Crippen LogP contribution in [0.15, 0.2) is 0 Å². The van der Waals surface area contributed by atoms with Gasteiger partial charge in [0.05, 0.1) is 0 Å². The second-order valence-electron chi connectivity index (χ2n) is 0.189. The molecule has 3 heteroatoms. The Bertz CT molecular complexity index is 7.61. The molecule has 0 fully saturated rings. The fourth-order valence-electron chi connectivity index (χ4n) is 0. The third kappa shape index (κ3) is 23.0. The first-order valence-corrected chi connectivity index (χ1v) is 0.767. The third-order valence-electron chi connectivity index (χ3n) is 0. The van der Waals surface area contributed by atoms with E-state index in [0.717, 1.165) is 0 Å². The van der Waals surface area contributed by atoms with Crippen LogP contribution >= 0.6 is 0 Å². The van der Waals surface area contributed by atoms with Crippen molar-refractivity contribution in [2.45, 2.75) is 0 Å². The Morgan fingerprint density at radius 3 is 1.40 bits per heavy atom. The third-order valence-corrected chi connectivity index (χ3v) is 0. The molecule has 0 aliphatic carbocycles. The van der Waals surface area contributed by atoms with Gasteiger partial charge >= 0.3 is 0 Å². The van der Waals surface area contributed by atoms with Crippen LogP contribution in [-0.2, 0) is 65.4 Å². The molecule has 0 aromatic heterocycles. The number of alkyl halides is 1. The first kappa shape index (κ1) is 15.7. The standard InChI is InChI=1S/C2H4F.2Y/c1-2-3;;/h1-2H2;;/q-1;;. The summed E-state index contributed by atoms with van der Waals surface area (Å²) < 4.78 is 10.2. The van der Waals surface area contributed by atoms with Crippen molar-refractivity contribution in [2.75, 3.05) is 6.67 Å². The zero-order valence-corrected chi connectivity index (χ0v) is 8.62. The van der Waals surface area contributed by atoms with Gasteiger partial charge in [0.15, 0.2) is 0 Å². The quantitative estimate of drug-likeness (QED) is 0.534. The summed E-state index contributed by atoms with van der Waals surface area (Å²) in [6.45, 7) is 2.32. The molecule has 0 unspecified atom stereocenters. The van der Waals surface area contributed by atoms with Gasteiger partial charge in [-0.3, -0.25) is 4.39 Å². The predicted octanol–water partition coefficient (Wildman–Crippen LogP) is 0.785. The molecule has 0 aromatic carbocycles. The summed E-state index contributed by atoms with van der Waals surface area (Å²) in [7, 11) is 0. The van der Waals surface area contributed by atoms with E-state index < -0.39 is 6.67 Å². The summed E-state index contributed by atoms with van der Waals surface area (Å²) in [6, 6.07) is 0. The molecule has 5 heavy (non-hydrogen) atoms. The monoisotopic (exact) mass is 225 g/mol. The Balaban J connectivity index is -0.0000000200. The van der Waals surface area contributed by atoms with Crippen LogP contribution in [-0.4, -0.2) is 6.67 Å². The second-order valence-corrected chi connectivity index (χ2v) is 0.189. The maximum atomic E-state index is 10.2. The van der Waals surface area contributed by atoms with Gasteiger partial charge in [-0.25, -0.2) is 0 Å². The average molecular weight is 225 g/mol. The van der Waals surface area contributed by atoms with E-state index in [9.17, 15) is 4.39 Å². The maximum Gasteiger partial charge on any atom is 0 e. The van der Waals surface area contributed by atoms with Gasteiger partial charge in [0.25, 0.3) is 0 Å². The molecule has 0 saturated carbocycles. The van der Waals surface area contributed by atoms with Gasteiger partial charge in [-0.2, -0.15) is 0 Å². The molecule has 0 bridgehead atoms. The Hall–Kier alpha value is 2.14. The molecule has 0 N–H and O–H groups in total. The van der Waals surface area contributed by atoms with Gasteiger partial charge in [0.1, 0.15) is 0 Å². The summed E-state index contributed by atoms with van der Waals surface area (Å²) in [5.41, 5.74) is 0. The smallest absolute Gasteiger partial charge is 0 e. The van der Waals surface area contributed by atoms with Crippen molar-refractivity contribution in [3.05, 3.63) is 6.92 Å². The van der Waals surface area contributed by atoms with E-state index in [1.54, 1.807) is 0 Å². The molecule has 0 aliphatic heterocycles. The van der Waals surface area contributed by atoms with E-state index in [4.69, 9.17) is 0 Å². The van der Waals surface area contributed by atoms with Gasteiger partial charge in [-0.1, -0.05) is 0 Å². The van der Waals surface area contributed by atoms with Gasteiger partial charge in [0.2, 0.25) is 0 Å². The molecular weight excluding hydrogens is 221 g/mol. The SMILES string of the molecule is [CH2-]CF.[Y].[Y]. The minimum Gasteiger partial charge on any atom is -0.313 e. The summed E-state index contributed by atoms with van der Waals surface area (Å²) in [5, 5.41) is 0. The van der Waals surface area contributed by atoms with E-state index in [1.165, 1.54) is 0 Å². The molecule has 0 spiro atoms. The minimum absolute atomic E-state index is 0. The molecule has 0 saturated heterocycles. The summed E-state index contributed by atoms with van der Waals surface area (Å²) in [6.07, 6.45) is 0. The van der Waals surface area contributed by atoms with Crippen LogP contribution in [0, 0.1) is 6.92 Å². The van der Waals surface area contributed by atoms with Crippen molar-refractivity contribution < 1.29 is 69.8 Å². The second kappa shape index (κ2) is 16.5. The molecule has 0 nitrogen and oxygen atoms in total. The van der Waals surface area contributed by atoms with Crippen molar-refractivity contribution in [1.29, 1.82) is 0 Å². The van der Waals surface area contributed by atoms with Crippen LogP contribution in [0.2, 0.25) is 0 Å². The number of rotatable bonds is 0. The zero-order chi connectivity index (χ0) is 2.71. The largest absolute Gasteiger partial charge is 0.313 e. The van der Waals surface area contributed by atoms with Crippen LogP contribution < -0.4 is 0 Å². The molecule has 0 aromatic rings. The van der Waals surface area contributed by atoms with Crippen molar-refractivity contribution in [3.8, 4) is 0 Å². The predicted molar refractivity (Wildman–Crippen MR) is 11.3 cm³/mol. The number of halogens is 1. The van der Waals surface area contributed by atoms with Gasteiger partial charge in [0, 0.05) is 65.4 Å². The molecule has 0 heterocycles. The van der Waals surface area contributed by atoms with Gasteiger partial charge in [-0.15, -0.1) is 0 Å². The van der Waals surface area contributed by atoms with Crippen LogP contribution in [0.5, 0.6) is 0 Å². The first-order chi connectivity index (χ1) is 1.41. The van der Waals surface area contributed by atoms with Crippen LogP contribution in [0.1, 0.15) is 0 Å². The average Bonchev–Trinajstić information content (AvgIpc) is 0.918. The molecule has 0 amide bonds. The van der Waals surface area contributed by atoms with Crippen LogP contribution in [0.25, 0.3) is 0 Å². The minimum atomic E-state index is -0.500. The summed E-state index contributed by atoms with van der Waals surface area (Å²) in [5.74, 6) is 0. The summed E-state index contributed by atoms with van der Waals surface area (Å²) in [4.78, 5) is 0. The molecule has 2 radical (unpaired) electrons. The molecule has 0 atom stereocenters. The summed E-state index contributed by atoms with van der Waals surface area (Å²) >= 11 is 0. The normalized spacial score (nSPS) is 3.60. The molecule has 0 aliphatic rings. The fraction of sp³-hybridized carbons (Fsp3) is 0.500. The van der Waals surface area contributed by atoms with Gasteiger partial charge < -0.3 is 6.92 Å². The van der Waals surface area contributed by atoms with Crippen LogP contribution in [0.3, 0.4) is 0 Å². The van der Waals surface area contributed by atoms with Crippen molar-refractivity contribution in [3.63, 3.8) is 0 Å². The van der Waals surface area contributed by atoms with E-state index in [2.05, 4.69) is 6.92 Å². The van der Waals surface area contributed by atoms with Crippen molar-refractivity contribution in [2.24, 2.45) is 0 Å². The topological polar surface area (TPSA) is 0 Å². The maximum absolute atomic E-state index is 10.2. The molecule has 0 rings (SSSR count). The Morgan fingerprint density at radius 2 is 1.40 bits per heavy atom. The number of hydrogen-bond donors (Lipinski definition) is 0. The Labute approximate surface area is 82.0 Å². The molecular formula is C2H4FY2-. The fourth-order valence-corrected chi connectivity index (χ4v) is 0. The number of hydrogen-bond acceptors (Lipinski definition) is 0. The van der Waals surface area contributed by atoms with E-state index in [-0.39, 0.29) is 65.4 Å². The van der Waals surface area contributed by atoms with E-state index >= 15 is 0 Å². The van der Waals surface area contributed by atoms with E-state index in [1.807, 2.05) is 0 Å². The van der Waals surface area contributed by atoms with E-state index in [0.29, 0.717) is 0 Å². The molecule has 26 valence electrons.